The quantitative estimate of drug-likeness (QED) is 0.569. The maximum absolute atomic E-state index is 2.26. The van der Waals surface area contributed by atoms with Crippen LogP contribution in [0.2, 0.25) is 0 Å². The lowest BCUT2D eigenvalue weighted by Crippen LogP contribution is -1.73. The van der Waals surface area contributed by atoms with E-state index >= 15 is 0 Å². The fourth-order valence-corrected chi connectivity index (χ4v) is 1.39. The maximum Gasteiger partial charge on any atom is -0.0398 e. The van der Waals surface area contributed by atoms with Gasteiger partial charge in [-0.1, -0.05) is 88.3 Å². The Morgan fingerprint density at radius 2 is 1.20 bits per heavy atom. The van der Waals surface area contributed by atoms with Gasteiger partial charge in [0.15, 0.2) is 0 Å². The second-order valence-corrected chi connectivity index (χ2v) is 4.07. The van der Waals surface area contributed by atoms with Crippen LogP contribution in [0.3, 0.4) is 0 Å². The topological polar surface area (TPSA) is 0 Å². The minimum absolute atomic E-state index is 1.32. The van der Waals surface area contributed by atoms with Gasteiger partial charge in [-0.2, -0.15) is 0 Å². The van der Waals surface area contributed by atoms with Gasteiger partial charge in [0.1, 0.15) is 0 Å². The summed E-state index contributed by atoms with van der Waals surface area (Å²) in [5.41, 5.74) is 1.32. The summed E-state index contributed by atoms with van der Waals surface area (Å²) < 4.78 is 0. The highest BCUT2D eigenvalue weighted by Crippen LogP contribution is 2.03. The molecule has 0 aliphatic carbocycles. The zero-order valence-electron chi connectivity index (χ0n) is 10.6. The van der Waals surface area contributed by atoms with E-state index in [2.05, 4.69) is 32.9 Å². The molecule has 0 unspecified atom stereocenters. The molecule has 0 nitrogen and oxygen atoms in total. The van der Waals surface area contributed by atoms with Gasteiger partial charge in [-0.25, -0.2) is 0 Å². The van der Waals surface area contributed by atoms with Crippen LogP contribution in [-0.4, -0.2) is 0 Å². The number of unbranched alkanes of at least 4 members (excludes halogenated alkanes) is 5. The molecule has 0 fully saturated rings. The lowest BCUT2D eigenvalue weighted by molar-refractivity contribution is 0.624. The predicted molar refractivity (Wildman–Crippen MR) is 70.2 cm³/mol. The molecule has 0 aromatic heterocycles. The first kappa shape index (κ1) is 14.2. The highest BCUT2D eigenvalue weighted by molar-refractivity contribution is 5.11. The molecule has 0 heterocycles. The molecule has 0 aliphatic rings. The number of hydrogen-bond donors (Lipinski definition) is 0. The van der Waals surface area contributed by atoms with Crippen LogP contribution in [0.25, 0.3) is 0 Å². The molecule has 0 atom stereocenters. The standard InChI is InChI=1S/C8H18.C7H8/c1-3-5-7-8-6-4-2;1-7-5-3-2-4-6-7/h3-8H2,1-2H3;2-6H,1H3. The number of benzene rings is 1. The summed E-state index contributed by atoms with van der Waals surface area (Å²) in [7, 11) is 0. The lowest BCUT2D eigenvalue weighted by atomic mass is 10.1. The van der Waals surface area contributed by atoms with Crippen molar-refractivity contribution < 1.29 is 0 Å². The number of rotatable bonds is 5. The Kier molecular flexibility index (Phi) is 10.7. The van der Waals surface area contributed by atoms with Crippen LogP contribution in [0, 0.1) is 6.92 Å². The molecule has 86 valence electrons. The number of hydrogen-bond acceptors (Lipinski definition) is 0. The predicted octanol–water partition coefficient (Wildman–Crippen LogP) is 5.36. The molecule has 0 saturated carbocycles. The van der Waals surface area contributed by atoms with Crippen LogP contribution in [0.1, 0.15) is 57.9 Å². The van der Waals surface area contributed by atoms with Crippen LogP contribution in [0.15, 0.2) is 30.3 Å². The van der Waals surface area contributed by atoms with Crippen molar-refractivity contribution in [1.82, 2.24) is 0 Å². The Morgan fingerprint density at radius 1 is 0.733 bits per heavy atom. The van der Waals surface area contributed by atoms with Crippen molar-refractivity contribution in [2.45, 2.75) is 59.3 Å². The van der Waals surface area contributed by atoms with Crippen LogP contribution >= 0.6 is 0 Å². The molecule has 0 heteroatoms. The van der Waals surface area contributed by atoms with E-state index in [9.17, 15) is 0 Å². The Bertz CT molecular complexity index is 195. The maximum atomic E-state index is 2.26. The molecule has 0 saturated heterocycles. The van der Waals surface area contributed by atoms with E-state index in [1.165, 1.54) is 44.1 Å². The summed E-state index contributed by atoms with van der Waals surface area (Å²) >= 11 is 0. The Balaban J connectivity index is 0.000000262. The van der Waals surface area contributed by atoms with Crippen LogP contribution in [0.5, 0.6) is 0 Å². The van der Waals surface area contributed by atoms with Crippen LogP contribution < -0.4 is 0 Å². The van der Waals surface area contributed by atoms with Crippen LogP contribution in [0.4, 0.5) is 0 Å². The molecule has 1 rings (SSSR count). The molecule has 0 amide bonds. The van der Waals surface area contributed by atoms with E-state index in [-0.39, 0.29) is 0 Å². The molecule has 1 aromatic carbocycles. The van der Waals surface area contributed by atoms with Crippen molar-refractivity contribution in [1.29, 1.82) is 0 Å². The Labute approximate surface area is 95.7 Å². The first-order chi connectivity index (χ1) is 7.31. The van der Waals surface area contributed by atoms with Crippen molar-refractivity contribution in [3.05, 3.63) is 35.9 Å². The summed E-state index contributed by atoms with van der Waals surface area (Å²) in [6.07, 6.45) is 8.49. The van der Waals surface area contributed by atoms with E-state index < -0.39 is 0 Å². The molecular formula is C15H26. The monoisotopic (exact) mass is 206 g/mol. The zero-order valence-corrected chi connectivity index (χ0v) is 10.6. The minimum atomic E-state index is 1.32. The minimum Gasteiger partial charge on any atom is -0.0654 e. The van der Waals surface area contributed by atoms with Gasteiger partial charge < -0.3 is 0 Å². The van der Waals surface area contributed by atoms with E-state index in [4.69, 9.17) is 0 Å². The molecule has 0 N–H and O–H groups in total. The van der Waals surface area contributed by atoms with Gasteiger partial charge in [0.2, 0.25) is 0 Å². The summed E-state index contributed by atoms with van der Waals surface area (Å²) in [4.78, 5) is 0. The van der Waals surface area contributed by atoms with Crippen LogP contribution in [-0.2, 0) is 0 Å². The lowest BCUT2D eigenvalue weighted by Gasteiger charge is -1.93. The highest BCUT2D eigenvalue weighted by Gasteiger charge is 1.83. The fraction of sp³-hybridized carbons (Fsp3) is 0.600. The second kappa shape index (κ2) is 11.3. The molecule has 1 aromatic rings. The van der Waals surface area contributed by atoms with E-state index in [0.717, 1.165) is 0 Å². The summed E-state index contributed by atoms with van der Waals surface area (Å²) in [6.45, 7) is 6.60. The van der Waals surface area contributed by atoms with Crippen molar-refractivity contribution >= 4 is 0 Å². The van der Waals surface area contributed by atoms with Crippen molar-refractivity contribution in [2.24, 2.45) is 0 Å². The number of aryl methyl sites for hydroxylation is 1. The smallest absolute Gasteiger partial charge is 0.0398 e. The van der Waals surface area contributed by atoms with Gasteiger partial charge in [0, 0.05) is 0 Å². The fourth-order valence-electron chi connectivity index (χ4n) is 1.39. The van der Waals surface area contributed by atoms with Crippen molar-refractivity contribution in [2.75, 3.05) is 0 Å². The third-order valence-corrected chi connectivity index (χ3v) is 2.40. The average Bonchev–Trinajstić information content (AvgIpc) is 2.27. The molecule has 15 heavy (non-hydrogen) atoms. The van der Waals surface area contributed by atoms with Gasteiger partial charge in [-0.15, -0.1) is 0 Å². The van der Waals surface area contributed by atoms with E-state index in [1.807, 2.05) is 18.2 Å². The van der Waals surface area contributed by atoms with Gasteiger partial charge in [-0.05, 0) is 6.92 Å². The first-order valence-electron chi connectivity index (χ1n) is 6.32. The molecule has 0 aliphatic heterocycles. The Morgan fingerprint density at radius 3 is 1.47 bits per heavy atom. The highest BCUT2D eigenvalue weighted by atomic mass is 13.9. The second-order valence-electron chi connectivity index (χ2n) is 4.07. The van der Waals surface area contributed by atoms with Crippen molar-refractivity contribution in [3.8, 4) is 0 Å². The molecule has 0 radical (unpaired) electrons. The normalized spacial score (nSPS) is 9.27. The molecular weight excluding hydrogens is 180 g/mol. The van der Waals surface area contributed by atoms with Gasteiger partial charge >= 0.3 is 0 Å². The van der Waals surface area contributed by atoms with Crippen molar-refractivity contribution in [3.63, 3.8) is 0 Å². The first-order valence-corrected chi connectivity index (χ1v) is 6.32. The SMILES string of the molecule is CCCCCCCC.Cc1ccccc1. The van der Waals surface area contributed by atoms with E-state index in [0.29, 0.717) is 0 Å². The third-order valence-electron chi connectivity index (χ3n) is 2.40. The summed E-state index contributed by atoms with van der Waals surface area (Å²) in [6, 6.07) is 10.3. The molecule has 0 bridgehead atoms. The summed E-state index contributed by atoms with van der Waals surface area (Å²) in [5.74, 6) is 0. The third kappa shape index (κ3) is 11.1. The van der Waals surface area contributed by atoms with Gasteiger partial charge in [0.05, 0.1) is 0 Å². The Hall–Kier alpha value is -0.780. The van der Waals surface area contributed by atoms with Gasteiger partial charge in [-0.3, -0.25) is 0 Å². The summed E-state index contributed by atoms with van der Waals surface area (Å²) in [5, 5.41) is 0. The molecule has 0 spiro atoms. The van der Waals surface area contributed by atoms with E-state index in [1.54, 1.807) is 0 Å². The average molecular weight is 206 g/mol. The largest absolute Gasteiger partial charge is 0.0654 e. The van der Waals surface area contributed by atoms with Gasteiger partial charge in [0.25, 0.3) is 0 Å². The zero-order chi connectivity index (χ0) is 11.4.